The summed E-state index contributed by atoms with van der Waals surface area (Å²) in [5.41, 5.74) is 2.79. The van der Waals surface area contributed by atoms with Gasteiger partial charge in [0.15, 0.2) is 0 Å². The molecule has 0 amide bonds. The third-order valence-corrected chi connectivity index (χ3v) is 4.27. The molecule has 1 aromatic rings. The van der Waals surface area contributed by atoms with E-state index in [0.717, 1.165) is 12.5 Å². The van der Waals surface area contributed by atoms with E-state index >= 15 is 0 Å². The molecule has 1 saturated heterocycles. The Hall–Kier alpha value is -0.540. The summed E-state index contributed by atoms with van der Waals surface area (Å²) >= 11 is 3.60. The number of hydrogen-bond donors (Lipinski definition) is 1. The highest BCUT2D eigenvalue weighted by Crippen LogP contribution is 2.28. The fraction of sp³-hybridized carbons (Fsp3) is 0.600. The second-order valence-corrected chi connectivity index (χ2v) is 6.24. The molecule has 100 valence electrons. The average Bonchev–Trinajstić information content (AvgIpc) is 2.57. The number of anilines is 1. The Bertz CT molecular complexity index is 392. The topological polar surface area (TPSA) is 15.3 Å². The van der Waals surface area contributed by atoms with Crippen LogP contribution < -0.4 is 10.2 Å². The zero-order valence-electron chi connectivity index (χ0n) is 11.4. The first-order valence-electron chi connectivity index (χ1n) is 6.88. The molecule has 1 aliphatic heterocycles. The third-order valence-electron chi connectivity index (χ3n) is 3.77. The minimum atomic E-state index is 0.870. The predicted octanol–water partition coefficient (Wildman–Crippen LogP) is 3.79. The van der Waals surface area contributed by atoms with E-state index in [1.165, 1.54) is 48.1 Å². The van der Waals surface area contributed by atoms with E-state index in [-0.39, 0.29) is 0 Å². The zero-order valence-corrected chi connectivity index (χ0v) is 13.0. The van der Waals surface area contributed by atoms with E-state index < -0.39 is 0 Å². The Kier molecular flexibility index (Phi) is 5.07. The number of benzene rings is 1. The fourth-order valence-corrected chi connectivity index (χ4v) is 3.02. The van der Waals surface area contributed by atoms with Crippen molar-refractivity contribution in [3.05, 3.63) is 28.2 Å². The van der Waals surface area contributed by atoms with Crippen LogP contribution >= 0.6 is 15.9 Å². The second-order valence-electron chi connectivity index (χ2n) is 5.33. The molecule has 1 atom stereocenters. The molecule has 1 fully saturated rings. The van der Waals surface area contributed by atoms with Crippen molar-refractivity contribution in [3.63, 3.8) is 0 Å². The third kappa shape index (κ3) is 3.48. The Labute approximate surface area is 119 Å². The highest BCUT2D eigenvalue weighted by Gasteiger charge is 2.16. The highest BCUT2D eigenvalue weighted by atomic mass is 79.9. The Morgan fingerprint density at radius 3 is 2.94 bits per heavy atom. The average molecular weight is 311 g/mol. The molecule has 1 unspecified atom stereocenters. The number of halogens is 1. The Morgan fingerprint density at radius 1 is 1.33 bits per heavy atom. The van der Waals surface area contributed by atoms with Crippen LogP contribution in [0.4, 0.5) is 5.69 Å². The van der Waals surface area contributed by atoms with Gasteiger partial charge in [-0.15, -0.1) is 0 Å². The molecular formula is C15H23BrN2. The molecule has 0 radical (unpaired) electrons. The molecule has 1 heterocycles. The van der Waals surface area contributed by atoms with E-state index in [1.54, 1.807) is 0 Å². The van der Waals surface area contributed by atoms with Crippen molar-refractivity contribution in [2.45, 2.75) is 32.7 Å². The molecule has 2 rings (SSSR count). The van der Waals surface area contributed by atoms with Crippen LogP contribution in [0.5, 0.6) is 0 Å². The SMILES string of the molecule is CNCc1ccc(Br)cc1N1CCCC(C)CC1. The molecule has 1 aliphatic rings. The van der Waals surface area contributed by atoms with Gasteiger partial charge >= 0.3 is 0 Å². The number of rotatable bonds is 3. The Morgan fingerprint density at radius 2 is 2.17 bits per heavy atom. The summed E-state index contributed by atoms with van der Waals surface area (Å²) in [7, 11) is 2.01. The van der Waals surface area contributed by atoms with Crippen LogP contribution in [0.3, 0.4) is 0 Å². The van der Waals surface area contributed by atoms with E-state index in [9.17, 15) is 0 Å². The molecule has 1 aromatic carbocycles. The monoisotopic (exact) mass is 310 g/mol. The first-order valence-corrected chi connectivity index (χ1v) is 7.68. The molecule has 1 N–H and O–H groups in total. The van der Waals surface area contributed by atoms with E-state index in [2.05, 4.69) is 51.3 Å². The summed E-state index contributed by atoms with van der Waals surface area (Å²) in [5.74, 6) is 0.870. The summed E-state index contributed by atoms with van der Waals surface area (Å²) in [4.78, 5) is 2.56. The van der Waals surface area contributed by atoms with Crippen molar-refractivity contribution < 1.29 is 0 Å². The number of hydrogen-bond acceptors (Lipinski definition) is 2. The van der Waals surface area contributed by atoms with Crippen LogP contribution in [0.1, 0.15) is 31.7 Å². The minimum Gasteiger partial charge on any atom is -0.371 e. The van der Waals surface area contributed by atoms with Crippen LogP contribution in [0.15, 0.2) is 22.7 Å². The lowest BCUT2D eigenvalue weighted by Gasteiger charge is -2.26. The van der Waals surface area contributed by atoms with Crippen molar-refractivity contribution in [3.8, 4) is 0 Å². The zero-order chi connectivity index (χ0) is 13.0. The van der Waals surface area contributed by atoms with Gasteiger partial charge in [-0.3, -0.25) is 0 Å². The highest BCUT2D eigenvalue weighted by molar-refractivity contribution is 9.10. The van der Waals surface area contributed by atoms with Crippen molar-refractivity contribution >= 4 is 21.6 Å². The maximum atomic E-state index is 3.60. The van der Waals surface area contributed by atoms with Crippen molar-refractivity contribution in [2.75, 3.05) is 25.0 Å². The van der Waals surface area contributed by atoms with Gasteiger partial charge in [0.2, 0.25) is 0 Å². The van der Waals surface area contributed by atoms with Crippen LogP contribution in [-0.2, 0) is 6.54 Å². The molecule has 0 aliphatic carbocycles. The Balaban J connectivity index is 2.21. The van der Waals surface area contributed by atoms with Gasteiger partial charge in [0.1, 0.15) is 0 Å². The molecule has 0 aromatic heterocycles. The summed E-state index contributed by atoms with van der Waals surface area (Å²) < 4.78 is 1.18. The first kappa shape index (κ1) is 13.9. The minimum absolute atomic E-state index is 0.870. The fourth-order valence-electron chi connectivity index (χ4n) is 2.68. The summed E-state index contributed by atoms with van der Waals surface area (Å²) in [6.45, 7) is 5.69. The lowest BCUT2D eigenvalue weighted by Crippen LogP contribution is -2.26. The summed E-state index contributed by atoms with van der Waals surface area (Å²) in [6, 6.07) is 6.63. The van der Waals surface area contributed by atoms with Gasteiger partial charge in [-0.1, -0.05) is 28.9 Å². The van der Waals surface area contributed by atoms with E-state index in [1.807, 2.05) is 7.05 Å². The molecule has 0 saturated carbocycles. The van der Waals surface area contributed by atoms with Gasteiger partial charge in [0.05, 0.1) is 0 Å². The van der Waals surface area contributed by atoms with Crippen molar-refractivity contribution in [1.29, 1.82) is 0 Å². The number of nitrogens with one attached hydrogen (secondary N) is 1. The van der Waals surface area contributed by atoms with Crippen LogP contribution in [0.2, 0.25) is 0 Å². The lowest BCUT2D eigenvalue weighted by atomic mass is 10.0. The van der Waals surface area contributed by atoms with Gasteiger partial charge in [-0.2, -0.15) is 0 Å². The smallest absolute Gasteiger partial charge is 0.0423 e. The largest absolute Gasteiger partial charge is 0.371 e. The van der Waals surface area contributed by atoms with Crippen LogP contribution in [-0.4, -0.2) is 20.1 Å². The standard InChI is InChI=1S/C15H23BrN2/c1-12-4-3-8-18(9-7-12)15-10-14(16)6-5-13(15)11-17-2/h5-6,10,12,17H,3-4,7-9,11H2,1-2H3. The van der Waals surface area contributed by atoms with Gasteiger partial charge in [0.25, 0.3) is 0 Å². The first-order chi connectivity index (χ1) is 8.70. The van der Waals surface area contributed by atoms with E-state index in [4.69, 9.17) is 0 Å². The molecule has 2 nitrogen and oxygen atoms in total. The van der Waals surface area contributed by atoms with E-state index in [0.29, 0.717) is 0 Å². The molecule has 0 bridgehead atoms. The van der Waals surface area contributed by atoms with Crippen molar-refractivity contribution in [1.82, 2.24) is 5.32 Å². The maximum Gasteiger partial charge on any atom is 0.0423 e. The molecule has 0 spiro atoms. The molecular weight excluding hydrogens is 288 g/mol. The quantitative estimate of drug-likeness (QED) is 0.913. The lowest BCUT2D eigenvalue weighted by molar-refractivity contribution is 0.521. The molecule has 3 heteroatoms. The van der Waals surface area contributed by atoms with Crippen LogP contribution in [0.25, 0.3) is 0 Å². The second kappa shape index (κ2) is 6.58. The van der Waals surface area contributed by atoms with Crippen molar-refractivity contribution in [2.24, 2.45) is 5.92 Å². The normalized spacial score (nSPS) is 20.8. The summed E-state index contributed by atoms with van der Waals surface area (Å²) in [6.07, 6.45) is 3.99. The van der Waals surface area contributed by atoms with Crippen LogP contribution in [0, 0.1) is 5.92 Å². The predicted molar refractivity (Wildman–Crippen MR) is 82.1 cm³/mol. The van der Waals surface area contributed by atoms with Gasteiger partial charge in [-0.25, -0.2) is 0 Å². The molecule has 18 heavy (non-hydrogen) atoms. The maximum absolute atomic E-state index is 3.60. The van der Waals surface area contributed by atoms with Gasteiger partial charge in [-0.05, 0) is 49.9 Å². The summed E-state index contributed by atoms with van der Waals surface area (Å²) in [5, 5.41) is 3.27. The van der Waals surface area contributed by atoms with Gasteiger partial charge in [0, 0.05) is 29.8 Å². The van der Waals surface area contributed by atoms with Gasteiger partial charge < -0.3 is 10.2 Å². The number of nitrogens with zero attached hydrogens (tertiary/aromatic N) is 1.